The molecule has 0 bridgehead atoms. The maximum atomic E-state index is 12.6. The first kappa shape index (κ1) is 13.5. The van der Waals surface area contributed by atoms with E-state index in [4.69, 9.17) is 0 Å². The number of fused-ring (bicyclic) bond motifs is 1. The van der Waals surface area contributed by atoms with Crippen LogP contribution in [0.25, 0.3) is 0 Å². The third-order valence-corrected chi connectivity index (χ3v) is 4.35. The molecule has 1 aliphatic heterocycles. The third-order valence-electron chi connectivity index (χ3n) is 4.35. The van der Waals surface area contributed by atoms with E-state index in [2.05, 4.69) is 20.6 Å². The first-order chi connectivity index (χ1) is 9.36. The fraction of sp³-hybridized carbons (Fsp3) is 0.692. The highest BCUT2D eigenvalue weighted by atomic mass is 19.4. The lowest BCUT2D eigenvalue weighted by atomic mass is 9.72. The molecule has 2 N–H and O–H groups in total. The Hall–Kier alpha value is -1.53. The van der Waals surface area contributed by atoms with Gasteiger partial charge in [0.2, 0.25) is 0 Å². The van der Waals surface area contributed by atoms with E-state index < -0.39 is 12.1 Å². The zero-order chi connectivity index (χ0) is 14.5. The van der Waals surface area contributed by atoms with Crippen molar-refractivity contribution in [2.24, 2.45) is 5.92 Å². The van der Waals surface area contributed by atoms with E-state index in [0.717, 1.165) is 5.69 Å². The largest absolute Gasteiger partial charge is 0.391 e. The number of nitrogens with one attached hydrogen (secondary N) is 2. The van der Waals surface area contributed by atoms with Gasteiger partial charge in [0.25, 0.3) is 0 Å². The average molecular weight is 286 g/mol. The second kappa shape index (κ2) is 4.49. The van der Waals surface area contributed by atoms with Gasteiger partial charge in [0, 0.05) is 18.0 Å². The Morgan fingerprint density at radius 3 is 2.40 bits per heavy atom. The minimum Gasteiger partial charge on any atom is -0.376 e. The Kier molecular flexibility index (Phi) is 3.02. The summed E-state index contributed by atoms with van der Waals surface area (Å²) in [4.78, 5) is 8.38. The van der Waals surface area contributed by atoms with Crippen LogP contribution in [0.3, 0.4) is 0 Å². The maximum absolute atomic E-state index is 12.6. The summed E-state index contributed by atoms with van der Waals surface area (Å²) in [6.45, 7) is 4.06. The highest BCUT2D eigenvalue weighted by Crippen LogP contribution is 2.51. The summed E-state index contributed by atoms with van der Waals surface area (Å²) >= 11 is 0. The standard InChI is InChI=1S/C13H17F3N4/c1-6-7(2)20-12-11(19-6)10(17-5-18-12)8-3-9(4-8)13(14,15)16/h5-9,19H,3-4H2,1-2H3,(H,17,18,20). The highest BCUT2D eigenvalue weighted by molar-refractivity contribution is 5.70. The normalized spacial score (nSPS) is 32.6. The van der Waals surface area contributed by atoms with E-state index in [-0.39, 0.29) is 30.8 Å². The van der Waals surface area contributed by atoms with Crippen molar-refractivity contribution in [2.75, 3.05) is 10.6 Å². The number of rotatable bonds is 1. The van der Waals surface area contributed by atoms with Crippen LogP contribution in [0.1, 0.15) is 38.3 Å². The van der Waals surface area contributed by atoms with Crippen molar-refractivity contribution in [3.63, 3.8) is 0 Å². The van der Waals surface area contributed by atoms with E-state index in [9.17, 15) is 13.2 Å². The van der Waals surface area contributed by atoms with Crippen LogP contribution in [0.4, 0.5) is 24.7 Å². The molecule has 0 amide bonds. The van der Waals surface area contributed by atoms with Crippen molar-refractivity contribution >= 4 is 11.5 Å². The summed E-state index contributed by atoms with van der Waals surface area (Å²) in [5.74, 6) is -0.629. The van der Waals surface area contributed by atoms with E-state index in [1.165, 1.54) is 6.33 Å². The van der Waals surface area contributed by atoms with E-state index in [1.54, 1.807) is 0 Å². The van der Waals surface area contributed by atoms with Gasteiger partial charge in [-0.15, -0.1) is 0 Å². The molecule has 0 saturated heterocycles. The van der Waals surface area contributed by atoms with Gasteiger partial charge >= 0.3 is 6.18 Å². The zero-order valence-corrected chi connectivity index (χ0v) is 11.3. The fourth-order valence-electron chi connectivity index (χ4n) is 2.76. The van der Waals surface area contributed by atoms with Crippen LogP contribution >= 0.6 is 0 Å². The molecule has 7 heteroatoms. The van der Waals surface area contributed by atoms with Crippen molar-refractivity contribution in [1.82, 2.24) is 9.97 Å². The molecule has 0 radical (unpaired) electrons. The lowest BCUT2D eigenvalue weighted by molar-refractivity contribution is -0.197. The number of hydrogen-bond acceptors (Lipinski definition) is 4. The second-order valence-corrected chi connectivity index (χ2v) is 5.76. The molecule has 4 nitrogen and oxygen atoms in total. The number of nitrogens with zero attached hydrogens (tertiary/aromatic N) is 2. The second-order valence-electron chi connectivity index (χ2n) is 5.76. The van der Waals surface area contributed by atoms with Gasteiger partial charge in [-0.2, -0.15) is 13.2 Å². The zero-order valence-electron chi connectivity index (χ0n) is 11.3. The lowest BCUT2D eigenvalue weighted by Gasteiger charge is -2.39. The molecule has 0 aromatic carbocycles. The Balaban J connectivity index is 1.81. The van der Waals surface area contributed by atoms with Gasteiger partial charge < -0.3 is 10.6 Å². The Morgan fingerprint density at radius 1 is 1.10 bits per heavy atom. The van der Waals surface area contributed by atoms with Crippen LogP contribution in [0.15, 0.2) is 6.33 Å². The summed E-state index contributed by atoms with van der Waals surface area (Å²) in [5, 5.41) is 6.57. The Labute approximate surface area is 115 Å². The number of halogens is 3. The van der Waals surface area contributed by atoms with Gasteiger partial charge in [-0.1, -0.05) is 0 Å². The number of anilines is 2. The molecule has 20 heavy (non-hydrogen) atoms. The SMILES string of the molecule is CC1Nc2ncnc(C3CC(C(F)(F)F)C3)c2NC1C. The summed E-state index contributed by atoms with van der Waals surface area (Å²) in [5.41, 5.74) is 1.48. The van der Waals surface area contributed by atoms with Crippen LogP contribution in [0.2, 0.25) is 0 Å². The first-order valence-corrected chi connectivity index (χ1v) is 6.81. The van der Waals surface area contributed by atoms with Crippen LogP contribution in [-0.2, 0) is 0 Å². The van der Waals surface area contributed by atoms with Crippen LogP contribution in [0.5, 0.6) is 0 Å². The van der Waals surface area contributed by atoms with E-state index >= 15 is 0 Å². The molecular weight excluding hydrogens is 269 g/mol. The predicted molar refractivity (Wildman–Crippen MR) is 69.7 cm³/mol. The van der Waals surface area contributed by atoms with Crippen LogP contribution in [0, 0.1) is 5.92 Å². The molecule has 1 aromatic rings. The maximum Gasteiger partial charge on any atom is 0.391 e. The van der Waals surface area contributed by atoms with E-state index in [0.29, 0.717) is 11.5 Å². The average Bonchev–Trinajstić information content (AvgIpc) is 2.27. The van der Waals surface area contributed by atoms with E-state index in [1.807, 2.05) is 13.8 Å². The van der Waals surface area contributed by atoms with Crippen molar-refractivity contribution in [3.8, 4) is 0 Å². The quantitative estimate of drug-likeness (QED) is 0.832. The molecular formula is C13H17F3N4. The van der Waals surface area contributed by atoms with Gasteiger partial charge in [-0.3, -0.25) is 0 Å². The fourth-order valence-corrected chi connectivity index (χ4v) is 2.76. The Bertz CT molecular complexity index is 511. The smallest absolute Gasteiger partial charge is 0.376 e. The third kappa shape index (κ3) is 2.19. The van der Waals surface area contributed by atoms with Gasteiger partial charge in [-0.05, 0) is 26.7 Å². The summed E-state index contributed by atoms with van der Waals surface area (Å²) in [6, 6.07) is 0.403. The number of aromatic nitrogens is 2. The monoisotopic (exact) mass is 286 g/mol. The lowest BCUT2D eigenvalue weighted by Crippen LogP contribution is -2.41. The molecule has 1 fully saturated rings. The van der Waals surface area contributed by atoms with Gasteiger partial charge in [0.05, 0.1) is 17.3 Å². The number of alkyl halides is 3. The van der Waals surface area contributed by atoms with Gasteiger partial charge in [-0.25, -0.2) is 9.97 Å². The topological polar surface area (TPSA) is 49.8 Å². The molecule has 2 atom stereocenters. The van der Waals surface area contributed by atoms with Crippen LogP contribution in [-0.4, -0.2) is 28.2 Å². The molecule has 110 valence electrons. The van der Waals surface area contributed by atoms with Crippen molar-refractivity contribution in [2.45, 2.75) is 50.9 Å². The molecule has 2 aliphatic rings. The highest BCUT2D eigenvalue weighted by Gasteiger charge is 2.49. The van der Waals surface area contributed by atoms with Crippen molar-refractivity contribution in [3.05, 3.63) is 12.0 Å². The first-order valence-electron chi connectivity index (χ1n) is 6.81. The molecule has 0 spiro atoms. The molecule has 1 aliphatic carbocycles. The summed E-state index contributed by atoms with van der Waals surface area (Å²) < 4.78 is 37.7. The van der Waals surface area contributed by atoms with Crippen molar-refractivity contribution < 1.29 is 13.2 Å². The summed E-state index contributed by atoms with van der Waals surface area (Å²) in [6.07, 6.45) is -2.42. The Morgan fingerprint density at radius 2 is 1.75 bits per heavy atom. The molecule has 3 rings (SSSR count). The molecule has 2 heterocycles. The van der Waals surface area contributed by atoms with Crippen LogP contribution < -0.4 is 10.6 Å². The van der Waals surface area contributed by atoms with Gasteiger partial charge in [0.1, 0.15) is 6.33 Å². The molecule has 2 unspecified atom stereocenters. The molecule has 1 aromatic heterocycles. The minimum absolute atomic E-state index is 0.124. The predicted octanol–water partition coefficient (Wildman–Crippen LogP) is 3.15. The number of hydrogen-bond donors (Lipinski definition) is 2. The summed E-state index contributed by atoms with van der Waals surface area (Å²) in [7, 11) is 0. The van der Waals surface area contributed by atoms with Crippen molar-refractivity contribution in [1.29, 1.82) is 0 Å². The van der Waals surface area contributed by atoms with Gasteiger partial charge in [0.15, 0.2) is 5.82 Å². The minimum atomic E-state index is -4.09. The molecule has 1 saturated carbocycles.